The third-order valence-corrected chi connectivity index (χ3v) is 4.46. The number of aryl methyl sites for hydroxylation is 1. The van der Waals surface area contributed by atoms with Crippen LogP contribution in [-0.4, -0.2) is 5.91 Å². The molecule has 0 saturated carbocycles. The van der Waals surface area contributed by atoms with Gasteiger partial charge in [0, 0.05) is 15.8 Å². The molecule has 2 aromatic rings. The molecule has 0 aliphatic carbocycles. The van der Waals surface area contributed by atoms with Crippen molar-refractivity contribution in [2.45, 2.75) is 6.92 Å². The number of nitrogens with two attached hydrogens (primary N) is 1. The summed E-state index contributed by atoms with van der Waals surface area (Å²) in [5, 5.41) is 2.85. The zero-order chi connectivity index (χ0) is 14.0. The van der Waals surface area contributed by atoms with E-state index in [4.69, 9.17) is 5.73 Å². The second-order valence-corrected chi connectivity index (χ2v) is 5.77. The van der Waals surface area contributed by atoms with Crippen LogP contribution in [0.5, 0.6) is 0 Å². The molecule has 0 aliphatic heterocycles. The van der Waals surface area contributed by atoms with Gasteiger partial charge in [0.1, 0.15) is 0 Å². The molecule has 3 N–H and O–H groups in total. The van der Waals surface area contributed by atoms with Crippen LogP contribution >= 0.6 is 31.9 Å². The molecule has 0 spiro atoms. The van der Waals surface area contributed by atoms with E-state index < -0.39 is 0 Å². The second-order valence-electron chi connectivity index (χ2n) is 4.13. The molecule has 0 bridgehead atoms. The molecule has 3 nitrogen and oxygen atoms in total. The van der Waals surface area contributed by atoms with Gasteiger partial charge in [-0.3, -0.25) is 4.79 Å². The Morgan fingerprint density at radius 3 is 2.63 bits per heavy atom. The molecule has 0 heterocycles. The predicted molar refractivity (Wildman–Crippen MR) is 85.4 cm³/mol. The molecule has 0 aliphatic rings. The van der Waals surface area contributed by atoms with Gasteiger partial charge in [-0.1, -0.05) is 22.0 Å². The average molecular weight is 384 g/mol. The molecular weight excluding hydrogens is 372 g/mol. The maximum absolute atomic E-state index is 12.2. The number of carbonyl (C=O) groups is 1. The SMILES string of the molecule is Cc1cc(NC(=O)c2cccc(N)c2Br)ccc1Br. The Morgan fingerprint density at radius 1 is 1.21 bits per heavy atom. The van der Waals surface area contributed by atoms with Crippen molar-refractivity contribution in [2.75, 3.05) is 11.1 Å². The normalized spacial score (nSPS) is 10.3. The van der Waals surface area contributed by atoms with Crippen LogP contribution in [0.3, 0.4) is 0 Å². The van der Waals surface area contributed by atoms with Crippen molar-refractivity contribution in [3.05, 3.63) is 56.5 Å². The lowest BCUT2D eigenvalue weighted by Crippen LogP contribution is -2.13. The van der Waals surface area contributed by atoms with E-state index in [-0.39, 0.29) is 5.91 Å². The molecule has 19 heavy (non-hydrogen) atoms. The number of hydrogen-bond acceptors (Lipinski definition) is 2. The van der Waals surface area contributed by atoms with Gasteiger partial charge < -0.3 is 11.1 Å². The van der Waals surface area contributed by atoms with Crippen LogP contribution in [0.2, 0.25) is 0 Å². The van der Waals surface area contributed by atoms with E-state index in [1.54, 1.807) is 18.2 Å². The lowest BCUT2D eigenvalue weighted by molar-refractivity contribution is 0.102. The summed E-state index contributed by atoms with van der Waals surface area (Å²) in [6.07, 6.45) is 0. The van der Waals surface area contributed by atoms with Gasteiger partial charge in [-0.15, -0.1) is 0 Å². The molecule has 0 aromatic heterocycles. The Hall–Kier alpha value is -1.33. The number of nitrogens with one attached hydrogen (secondary N) is 1. The van der Waals surface area contributed by atoms with Crippen LogP contribution in [-0.2, 0) is 0 Å². The lowest BCUT2D eigenvalue weighted by atomic mass is 10.1. The second kappa shape index (κ2) is 5.75. The molecule has 1 amide bonds. The molecular formula is C14H12Br2N2O. The van der Waals surface area contributed by atoms with Crippen molar-refractivity contribution in [3.8, 4) is 0 Å². The maximum atomic E-state index is 12.2. The van der Waals surface area contributed by atoms with Crippen molar-refractivity contribution in [1.82, 2.24) is 0 Å². The summed E-state index contributed by atoms with van der Waals surface area (Å²) in [5.74, 6) is -0.194. The Kier molecular flexibility index (Phi) is 4.27. The van der Waals surface area contributed by atoms with Gasteiger partial charge in [-0.25, -0.2) is 0 Å². The zero-order valence-corrected chi connectivity index (χ0v) is 13.4. The van der Waals surface area contributed by atoms with E-state index in [0.717, 1.165) is 15.7 Å². The molecule has 0 atom stereocenters. The quantitative estimate of drug-likeness (QED) is 0.757. The molecule has 0 saturated heterocycles. The van der Waals surface area contributed by atoms with Crippen molar-refractivity contribution < 1.29 is 4.79 Å². The third-order valence-electron chi connectivity index (χ3n) is 2.69. The fourth-order valence-corrected chi connectivity index (χ4v) is 2.34. The Bertz CT molecular complexity index is 641. The van der Waals surface area contributed by atoms with Gasteiger partial charge in [0.05, 0.1) is 10.0 Å². The summed E-state index contributed by atoms with van der Waals surface area (Å²) in [6, 6.07) is 10.9. The number of anilines is 2. The summed E-state index contributed by atoms with van der Waals surface area (Å²) < 4.78 is 1.62. The van der Waals surface area contributed by atoms with Gasteiger partial charge in [-0.2, -0.15) is 0 Å². The number of amides is 1. The largest absolute Gasteiger partial charge is 0.398 e. The van der Waals surface area contributed by atoms with E-state index in [2.05, 4.69) is 37.2 Å². The van der Waals surface area contributed by atoms with E-state index in [9.17, 15) is 4.79 Å². The minimum Gasteiger partial charge on any atom is -0.398 e. The molecule has 0 radical (unpaired) electrons. The number of rotatable bonds is 2. The topological polar surface area (TPSA) is 55.1 Å². The van der Waals surface area contributed by atoms with E-state index in [0.29, 0.717) is 15.7 Å². The van der Waals surface area contributed by atoms with Crippen LogP contribution in [0.15, 0.2) is 45.3 Å². The minimum atomic E-state index is -0.194. The number of benzene rings is 2. The van der Waals surface area contributed by atoms with Crippen LogP contribution in [0.25, 0.3) is 0 Å². The summed E-state index contributed by atoms with van der Waals surface area (Å²) in [4.78, 5) is 12.2. The molecule has 2 rings (SSSR count). The van der Waals surface area contributed by atoms with Crippen LogP contribution in [0, 0.1) is 6.92 Å². The minimum absolute atomic E-state index is 0.194. The van der Waals surface area contributed by atoms with Gasteiger partial charge in [0.15, 0.2) is 0 Å². The van der Waals surface area contributed by atoms with Crippen LogP contribution in [0.4, 0.5) is 11.4 Å². The van der Waals surface area contributed by atoms with Gasteiger partial charge in [0.2, 0.25) is 0 Å². The summed E-state index contributed by atoms with van der Waals surface area (Å²) in [6.45, 7) is 1.97. The summed E-state index contributed by atoms with van der Waals surface area (Å²) >= 11 is 6.75. The highest BCUT2D eigenvalue weighted by Crippen LogP contribution is 2.25. The van der Waals surface area contributed by atoms with Gasteiger partial charge >= 0.3 is 0 Å². The highest BCUT2D eigenvalue weighted by molar-refractivity contribution is 9.11. The number of nitrogen functional groups attached to an aromatic ring is 1. The number of carbonyl (C=O) groups excluding carboxylic acids is 1. The maximum Gasteiger partial charge on any atom is 0.256 e. The standard InChI is InChI=1S/C14H12Br2N2O/c1-8-7-9(5-6-11(8)15)18-14(19)10-3-2-4-12(17)13(10)16/h2-7H,17H2,1H3,(H,18,19). The van der Waals surface area contributed by atoms with Crippen molar-refractivity contribution in [2.24, 2.45) is 0 Å². The first-order valence-corrected chi connectivity index (χ1v) is 7.19. The van der Waals surface area contributed by atoms with E-state index in [1.165, 1.54) is 0 Å². The average Bonchev–Trinajstić information content (AvgIpc) is 2.37. The first-order chi connectivity index (χ1) is 8.99. The number of halogens is 2. The highest BCUT2D eigenvalue weighted by Gasteiger charge is 2.12. The Labute approximate surface area is 128 Å². The molecule has 5 heteroatoms. The van der Waals surface area contributed by atoms with Gasteiger partial charge in [-0.05, 0) is 58.7 Å². The van der Waals surface area contributed by atoms with E-state index >= 15 is 0 Å². The van der Waals surface area contributed by atoms with Crippen LogP contribution in [0.1, 0.15) is 15.9 Å². The molecule has 0 fully saturated rings. The zero-order valence-electron chi connectivity index (χ0n) is 10.2. The first kappa shape index (κ1) is 14.1. The fraction of sp³-hybridized carbons (Fsp3) is 0.0714. The van der Waals surface area contributed by atoms with Crippen molar-refractivity contribution in [3.63, 3.8) is 0 Å². The highest BCUT2D eigenvalue weighted by atomic mass is 79.9. The first-order valence-electron chi connectivity index (χ1n) is 5.60. The summed E-state index contributed by atoms with van der Waals surface area (Å²) in [7, 11) is 0. The van der Waals surface area contributed by atoms with Gasteiger partial charge in [0.25, 0.3) is 5.91 Å². The number of hydrogen-bond donors (Lipinski definition) is 2. The fourth-order valence-electron chi connectivity index (χ4n) is 1.65. The Morgan fingerprint density at radius 2 is 1.95 bits per heavy atom. The Balaban J connectivity index is 2.26. The molecule has 0 unspecified atom stereocenters. The van der Waals surface area contributed by atoms with Crippen LogP contribution < -0.4 is 11.1 Å². The third kappa shape index (κ3) is 3.16. The smallest absolute Gasteiger partial charge is 0.256 e. The predicted octanol–water partition coefficient (Wildman–Crippen LogP) is 4.35. The summed E-state index contributed by atoms with van der Waals surface area (Å²) in [5.41, 5.74) is 8.63. The van der Waals surface area contributed by atoms with Crippen molar-refractivity contribution in [1.29, 1.82) is 0 Å². The lowest BCUT2D eigenvalue weighted by Gasteiger charge is -2.09. The monoisotopic (exact) mass is 382 g/mol. The molecule has 98 valence electrons. The van der Waals surface area contributed by atoms with E-state index in [1.807, 2.05) is 25.1 Å². The molecule has 2 aromatic carbocycles. The van der Waals surface area contributed by atoms with Crippen molar-refractivity contribution >= 4 is 49.1 Å².